The van der Waals surface area contributed by atoms with Crippen LogP contribution in [0.25, 0.3) is 0 Å². The molecule has 2 N–H and O–H groups in total. The van der Waals surface area contributed by atoms with E-state index < -0.39 is 0 Å². The number of piperidine rings is 1. The van der Waals surface area contributed by atoms with E-state index in [0.29, 0.717) is 0 Å². The van der Waals surface area contributed by atoms with Crippen LogP contribution in [0, 0.1) is 0 Å². The molecule has 1 aromatic carbocycles. The second-order valence-electron chi connectivity index (χ2n) is 5.37. The smallest absolute Gasteiger partial charge is 0.0414 e. The second-order valence-corrected chi connectivity index (χ2v) is 5.37. The Morgan fingerprint density at radius 3 is 2.61 bits per heavy atom. The zero-order valence-electron chi connectivity index (χ0n) is 11.4. The summed E-state index contributed by atoms with van der Waals surface area (Å²) in [5.74, 6) is 0. The Morgan fingerprint density at radius 1 is 1.28 bits per heavy atom. The molecule has 0 unspecified atom stereocenters. The minimum absolute atomic E-state index is 0.0700. The molecule has 1 fully saturated rings. The van der Waals surface area contributed by atoms with Crippen LogP contribution in [0.3, 0.4) is 0 Å². The topological polar surface area (TPSA) is 29.3 Å². The predicted molar refractivity (Wildman–Crippen MR) is 78.9 cm³/mol. The Labute approximate surface area is 110 Å². The highest BCUT2D eigenvalue weighted by Gasteiger charge is 2.17. The Hall–Kier alpha value is -1.28. The summed E-state index contributed by atoms with van der Waals surface area (Å²) >= 11 is 0. The summed E-state index contributed by atoms with van der Waals surface area (Å²) in [6.45, 7) is 8.34. The van der Waals surface area contributed by atoms with Gasteiger partial charge in [-0.1, -0.05) is 23.8 Å². The van der Waals surface area contributed by atoms with E-state index in [2.05, 4.69) is 35.7 Å². The predicted octanol–water partition coefficient (Wildman–Crippen LogP) is 3.64. The van der Waals surface area contributed by atoms with Gasteiger partial charge in [0.25, 0.3) is 0 Å². The fraction of sp³-hybridized carbons (Fsp3) is 0.500. The van der Waals surface area contributed by atoms with E-state index in [9.17, 15) is 0 Å². The van der Waals surface area contributed by atoms with Crippen molar-refractivity contribution in [3.05, 3.63) is 42.0 Å². The van der Waals surface area contributed by atoms with Crippen LogP contribution in [-0.2, 0) is 0 Å². The number of para-hydroxylation sites is 1. The summed E-state index contributed by atoms with van der Waals surface area (Å²) in [4.78, 5) is 2.48. The molecule has 1 aliphatic heterocycles. The normalized spacial score (nSPS) is 17.6. The zero-order valence-corrected chi connectivity index (χ0v) is 11.4. The number of rotatable bonds is 4. The van der Waals surface area contributed by atoms with Gasteiger partial charge >= 0.3 is 0 Å². The van der Waals surface area contributed by atoms with Crippen molar-refractivity contribution in [3.63, 3.8) is 0 Å². The number of hydrogen-bond donors (Lipinski definition) is 1. The zero-order chi connectivity index (χ0) is 13.0. The van der Waals surface area contributed by atoms with Crippen LogP contribution < -0.4 is 10.6 Å². The largest absolute Gasteiger partial charge is 0.371 e. The molecule has 2 rings (SSSR count). The molecule has 0 amide bonds. The maximum Gasteiger partial charge on any atom is 0.0414 e. The first-order chi connectivity index (χ1) is 8.68. The minimum Gasteiger partial charge on any atom is -0.371 e. The average Bonchev–Trinajstić information content (AvgIpc) is 2.39. The molecule has 0 saturated carbocycles. The molecule has 0 spiro atoms. The first-order valence-electron chi connectivity index (χ1n) is 6.92. The van der Waals surface area contributed by atoms with Gasteiger partial charge in [-0.05, 0) is 44.2 Å². The number of hydrogen-bond acceptors (Lipinski definition) is 2. The van der Waals surface area contributed by atoms with Gasteiger partial charge in [0.2, 0.25) is 0 Å². The summed E-state index contributed by atoms with van der Waals surface area (Å²) in [6.07, 6.45) is 4.81. The maximum atomic E-state index is 6.32. The maximum absolute atomic E-state index is 6.32. The number of benzene rings is 1. The van der Waals surface area contributed by atoms with Gasteiger partial charge in [-0.2, -0.15) is 0 Å². The molecule has 0 bridgehead atoms. The summed E-state index contributed by atoms with van der Waals surface area (Å²) in [5, 5.41) is 0. The lowest BCUT2D eigenvalue weighted by Gasteiger charge is -2.32. The van der Waals surface area contributed by atoms with Crippen molar-refractivity contribution in [2.24, 2.45) is 5.73 Å². The molecule has 1 saturated heterocycles. The van der Waals surface area contributed by atoms with Crippen molar-refractivity contribution < 1.29 is 0 Å². The molecular weight excluding hydrogens is 220 g/mol. The van der Waals surface area contributed by atoms with Crippen molar-refractivity contribution in [2.45, 2.75) is 38.6 Å². The second kappa shape index (κ2) is 6.05. The van der Waals surface area contributed by atoms with Gasteiger partial charge in [-0.15, -0.1) is 6.58 Å². The fourth-order valence-electron chi connectivity index (χ4n) is 2.71. The molecular formula is C16H24N2. The van der Waals surface area contributed by atoms with Crippen LogP contribution in [0.1, 0.15) is 44.2 Å². The van der Waals surface area contributed by atoms with Crippen molar-refractivity contribution >= 4 is 5.69 Å². The molecule has 98 valence electrons. The van der Waals surface area contributed by atoms with E-state index in [-0.39, 0.29) is 6.04 Å². The Morgan fingerprint density at radius 2 is 1.94 bits per heavy atom. The van der Waals surface area contributed by atoms with E-state index in [0.717, 1.165) is 25.1 Å². The minimum atomic E-state index is 0.0700. The van der Waals surface area contributed by atoms with E-state index in [4.69, 9.17) is 5.73 Å². The third-order valence-corrected chi connectivity index (χ3v) is 3.60. The third kappa shape index (κ3) is 3.14. The highest BCUT2D eigenvalue weighted by Crippen LogP contribution is 2.30. The van der Waals surface area contributed by atoms with Crippen LogP contribution in [0.4, 0.5) is 5.69 Å². The Kier molecular flexibility index (Phi) is 4.43. The van der Waals surface area contributed by atoms with Crippen molar-refractivity contribution in [2.75, 3.05) is 18.0 Å². The monoisotopic (exact) mass is 244 g/mol. The van der Waals surface area contributed by atoms with E-state index in [1.54, 1.807) is 0 Å². The standard InChI is InChI=1S/C16H24N2/c1-13(2)12-15(17)14-8-4-5-9-16(14)18-10-6-3-7-11-18/h4-5,8-9,15H,1,3,6-7,10-12,17H2,2H3/t15-/m1/s1. The van der Waals surface area contributed by atoms with E-state index in [1.165, 1.54) is 30.5 Å². The number of anilines is 1. The molecule has 1 atom stereocenters. The molecule has 0 aromatic heterocycles. The van der Waals surface area contributed by atoms with Crippen molar-refractivity contribution in [3.8, 4) is 0 Å². The van der Waals surface area contributed by atoms with Crippen LogP contribution in [0.5, 0.6) is 0 Å². The van der Waals surface area contributed by atoms with E-state index in [1.807, 2.05) is 6.92 Å². The fourth-order valence-corrected chi connectivity index (χ4v) is 2.71. The van der Waals surface area contributed by atoms with Gasteiger partial charge < -0.3 is 10.6 Å². The average molecular weight is 244 g/mol. The molecule has 2 nitrogen and oxygen atoms in total. The lowest BCUT2D eigenvalue weighted by molar-refractivity contribution is 0.573. The SMILES string of the molecule is C=C(C)C[C@@H](N)c1ccccc1N1CCCCC1. The molecule has 2 heteroatoms. The van der Waals surface area contributed by atoms with Gasteiger partial charge in [-0.3, -0.25) is 0 Å². The van der Waals surface area contributed by atoms with E-state index >= 15 is 0 Å². The molecule has 1 aliphatic rings. The molecule has 18 heavy (non-hydrogen) atoms. The first kappa shape index (κ1) is 13.2. The molecule has 1 aromatic rings. The van der Waals surface area contributed by atoms with Crippen molar-refractivity contribution in [1.82, 2.24) is 0 Å². The van der Waals surface area contributed by atoms with Crippen LogP contribution in [0.15, 0.2) is 36.4 Å². The number of nitrogens with two attached hydrogens (primary N) is 1. The van der Waals surface area contributed by atoms with Gasteiger partial charge in [0.1, 0.15) is 0 Å². The molecule has 1 heterocycles. The van der Waals surface area contributed by atoms with Gasteiger partial charge in [0.05, 0.1) is 0 Å². The molecule has 0 aliphatic carbocycles. The third-order valence-electron chi connectivity index (χ3n) is 3.60. The Balaban J connectivity index is 2.21. The summed E-state index contributed by atoms with van der Waals surface area (Å²) in [5.41, 5.74) is 10.1. The lowest BCUT2D eigenvalue weighted by atomic mass is 9.98. The van der Waals surface area contributed by atoms with Crippen LogP contribution >= 0.6 is 0 Å². The van der Waals surface area contributed by atoms with Crippen LogP contribution in [-0.4, -0.2) is 13.1 Å². The summed E-state index contributed by atoms with van der Waals surface area (Å²) < 4.78 is 0. The first-order valence-corrected chi connectivity index (χ1v) is 6.92. The van der Waals surface area contributed by atoms with Gasteiger partial charge in [-0.25, -0.2) is 0 Å². The number of nitrogens with zero attached hydrogens (tertiary/aromatic N) is 1. The summed E-state index contributed by atoms with van der Waals surface area (Å²) in [6, 6.07) is 8.64. The van der Waals surface area contributed by atoms with Crippen molar-refractivity contribution in [1.29, 1.82) is 0 Å². The summed E-state index contributed by atoms with van der Waals surface area (Å²) in [7, 11) is 0. The quantitative estimate of drug-likeness (QED) is 0.819. The Bertz CT molecular complexity index is 405. The highest BCUT2D eigenvalue weighted by atomic mass is 15.1. The lowest BCUT2D eigenvalue weighted by Crippen LogP contribution is -2.31. The highest BCUT2D eigenvalue weighted by molar-refractivity contribution is 5.55. The molecule has 0 radical (unpaired) electrons. The van der Waals surface area contributed by atoms with Gasteiger partial charge in [0.15, 0.2) is 0 Å². The van der Waals surface area contributed by atoms with Gasteiger partial charge in [0, 0.05) is 24.8 Å². The van der Waals surface area contributed by atoms with Crippen LogP contribution in [0.2, 0.25) is 0 Å².